The van der Waals surface area contributed by atoms with Crippen LogP contribution in [0.25, 0.3) is 0 Å². The fourth-order valence-corrected chi connectivity index (χ4v) is 5.96. The van der Waals surface area contributed by atoms with Crippen molar-refractivity contribution in [1.82, 2.24) is 9.97 Å². The van der Waals surface area contributed by atoms with Crippen molar-refractivity contribution in [3.05, 3.63) is 63.2 Å². The molecule has 3 heterocycles. The maximum absolute atomic E-state index is 13.1. The Hall–Kier alpha value is -1.87. The summed E-state index contributed by atoms with van der Waals surface area (Å²) < 4.78 is 27.6. The molecule has 2 aromatic heterocycles. The lowest BCUT2D eigenvalue weighted by atomic mass is 9.99. The van der Waals surface area contributed by atoms with Crippen molar-refractivity contribution in [2.75, 3.05) is 16.6 Å². The zero-order valence-electron chi connectivity index (χ0n) is 13.8. The molecular formula is C17H14Cl2N4O2S2. The number of thiazole rings is 1. The van der Waals surface area contributed by atoms with Crippen LogP contribution in [-0.4, -0.2) is 24.9 Å². The van der Waals surface area contributed by atoms with Gasteiger partial charge in [0.05, 0.1) is 9.92 Å². The molecule has 4 rings (SSSR count). The van der Waals surface area contributed by atoms with Gasteiger partial charge in [-0.3, -0.25) is 0 Å². The second-order valence-corrected chi connectivity index (χ2v) is 9.85. The van der Waals surface area contributed by atoms with E-state index in [-0.39, 0.29) is 17.4 Å². The maximum atomic E-state index is 13.1. The normalized spacial score (nSPS) is 16.5. The first-order chi connectivity index (χ1) is 12.9. The first kappa shape index (κ1) is 18.5. The zero-order chi connectivity index (χ0) is 19.2. The Bertz CT molecular complexity index is 1100. The van der Waals surface area contributed by atoms with Gasteiger partial charge in [-0.05, 0) is 24.6 Å². The SMILES string of the molecule is Nc1nc(Cl)c(CC2CN(S(=O)(=O)c3ccccc3)c3ncc(Cl)cc32)s1. The Kier molecular flexibility index (Phi) is 4.75. The van der Waals surface area contributed by atoms with Gasteiger partial charge in [0.15, 0.2) is 5.13 Å². The fraction of sp³-hybridized carbons (Fsp3) is 0.176. The summed E-state index contributed by atoms with van der Waals surface area (Å²) in [7, 11) is -3.74. The number of hydrogen-bond acceptors (Lipinski definition) is 6. The molecule has 0 amide bonds. The first-order valence-electron chi connectivity index (χ1n) is 8.00. The summed E-state index contributed by atoms with van der Waals surface area (Å²) in [5, 5.41) is 1.18. The Morgan fingerprint density at radius 3 is 2.67 bits per heavy atom. The van der Waals surface area contributed by atoms with Crippen molar-refractivity contribution in [3.8, 4) is 0 Å². The smallest absolute Gasteiger partial charge is 0.265 e. The van der Waals surface area contributed by atoms with Gasteiger partial charge in [0.25, 0.3) is 10.0 Å². The van der Waals surface area contributed by atoms with Crippen LogP contribution in [0.2, 0.25) is 10.2 Å². The van der Waals surface area contributed by atoms with E-state index >= 15 is 0 Å². The Balaban J connectivity index is 1.75. The molecule has 0 saturated carbocycles. The summed E-state index contributed by atoms with van der Waals surface area (Å²) in [6, 6.07) is 10.0. The molecule has 0 saturated heterocycles. The topological polar surface area (TPSA) is 89.2 Å². The number of hydrogen-bond donors (Lipinski definition) is 1. The number of nitrogens with two attached hydrogens (primary N) is 1. The largest absolute Gasteiger partial charge is 0.375 e. The highest BCUT2D eigenvalue weighted by Gasteiger charge is 2.38. The third-order valence-electron chi connectivity index (χ3n) is 4.35. The van der Waals surface area contributed by atoms with Gasteiger partial charge >= 0.3 is 0 Å². The second-order valence-electron chi connectivity index (χ2n) is 6.08. The molecular weight excluding hydrogens is 427 g/mol. The Morgan fingerprint density at radius 1 is 1.26 bits per heavy atom. The van der Waals surface area contributed by atoms with Gasteiger partial charge in [0.1, 0.15) is 11.0 Å². The Morgan fingerprint density at radius 2 is 2.00 bits per heavy atom. The zero-order valence-corrected chi connectivity index (χ0v) is 17.0. The van der Waals surface area contributed by atoms with Crippen molar-refractivity contribution in [3.63, 3.8) is 0 Å². The third-order valence-corrected chi connectivity index (χ3v) is 7.66. The van der Waals surface area contributed by atoms with Crippen LogP contribution < -0.4 is 10.0 Å². The molecule has 1 aromatic carbocycles. The minimum absolute atomic E-state index is 0.151. The van der Waals surface area contributed by atoms with Crippen LogP contribution in [0, 0.1) is 0 Å². The summed E-state index contributed by atoms with van der Waals surface area (Å²) in [5.74, 6) is 0.240. The van der Waals surface area contributed by atoms with Crippen LogP contribution in [0.3, 0.4) is 0 Å². The molecule has 1 atom stereocenters. The quantitative estimate of drug-likeness (QED) is 0.662. The van der Waals surface area contributed by atoms with Gasteiger partial charge in [-0.15, -0.1) is 11.3 Å². The van der Waals surface area contributed by atoms with E-state index in [0.717, 1.165) is 10.4 Å². The molecule has 0 spiro atoms. The molecule has 3 aromatic rings. The van der Waals surface area contributed by atoms with Crippen molar-refractivity contribution >= 4 is 55.5 Å². The number of aromatic nitrogens is 2. The number of rotatable bonds is 4. The number of halogens is 2. The molecule has 1 unspecified atom stereocenters. The van der Waals surface area contributed by atoms with Crippen LogP contribution in [0.5, 0.6) is 0 Å². The highest BCUT2D eigenvalue weighted by molar-refractivity contribution is 7.92. The number of benzene rings is 1. The molecule has 0 bridgehead atoms. The molecule has 2 N–H and O–H groups in total. The lowest BCUT2D eigenvalue weighted by Gasteiger charge is -2.19. The van der Waals surface area contributed by atoms with Crippen LogP contribution >= 0.6 is 34.5 Å². The van der Waals surface area contributed by atoms with E-state index in [0.29, 0.717) is 27.5 Å². The van der Waals surface area contributed by atoms with Crippen molar-refractivity contribution in [1.29, 1.82) is 0 Å². The maximum Gasteiger partial charge on any atom is 0.265 e. The summed E-state index contributed by atoms with van der Waals surface area (Å²) >= 11 is 13.6. The molecule has 6 nitrogen and oxygen atoms in total. The van der Waals surface area contributed by atoms with E-state index in [1.807, 2.05) is 0 Å². The van der Waals surface area contributed by atoms with E-state index < -0.39 is 10.0 Å². The van der Waals surface area contributed by atoms with Gasteiger partial charge in [0.2, 0.25) is 0 Å². The van der Waals surface area contributed by atoms with Crippen molar-refractivity contribution in [2.24, 2.45) is 0 Å². The Labute approximate surface area is 170 Å². The van der Waals surface area contributed by atoms with E-state index in [1.165, 1.54) is 21.8 Å². The summed E-state index contributed by atoms with van der Waals surface area (Å²) in [6.45, 7) is 0.244. The van der Waals surface area contributed by atoms with E-state index in [9.17, 15) is 8.42 Å². The lowest BCUT2D eigenvalue weighted by Crippen LogP contribution is -2.30. The number of fused-ring (bicyclic) bond motifs is 1. The third kappa shape index (κ3) is 3.38. The monoisotopic (exact) mass is 440 g/mol. The van der Waals surface area contributed by atoms with Gasteiger partial charge in [-0.25, -0.2) is 22.7 Å². The van der Waals surface area contributed by atoms with Crippen LogP contribution in [0.15, 0.2) is 47.5 Å². The highest BCUT2D eigenvalue weighted by atomic mass is 35.5. The van der Waals surface area contributed by atoms with Gasteiger partial charge in [-0.1, -0.05) is 41.4 Å². The van der Waals surface area contributed by atoms with E-state index in [2.05, 4.69) is 9.97 Å². The molecule has 1 aliphatic heterocycles. The minimum Gasteiger partial charge on any atom is -0.375 e. The van der Waals surface area contributed by atoms with Crippen molar-refractivity contribution < 1.29 is 8.42 Å². The summed E-state index contributed by atoms with van der Waals surface area (Å²) in [4.78, 5) is 9.35. The molecule has 10 heteroatoms. The fourth-order valence-electron chi connectivity index (χ4n) is 3.15. The molecule has 1 aliphatic rings. The summed E-state index contributed by atoms with van der Waals surface area (Å²) in [6.07, 6.45) is 1.96. The van der Waals surface area contributed by atoms with Gasteiger partial charge < -0.3 is 5.73 Å². The highest BCUT2D eigenvalue weighted by Crippen LogP contribution is 2.42. The molecule has 27 heavy (non-hydrogen) atoms. The first-order valence-corrected chi connectivity index (χ1v) is 11.0. The summed E-state index contributed by atoms with van der Waals surface area (Å²) in [5.41, 5.74) is 6.50. The lowest BCUT2D eigenvalue weighted by molar-refractivity contribution is 0.588. The average Bonchev–Trinajstić information content (AvgIpc) is 3.16. The number of anilines is 2. The predicted octanol–water partition coefficient (Wildman–Crippen LogP) is 3.96. The average molecular weight is 441 g/mol. The number of pyridine rings is 1. The van der Waals surface area contributed by atoms with E-state index in [1.54, 1.807) is 36.4 Å². The predicted molar refractivity (Wildman–Crippen MR) is 108 cm³/mol. The molecule has 140 valence electrons. The number of sulfonamides is 1. The van der Waals surface area contributed by atoms with Gasteiger partial charge in [-0.2, -0.15) is 0 Å². The molecule has 0 radical (unpaired) electrons. The number of nitrogens with zero attached hydrogens (tertiary/aromatic N) is 3. The van der Waals surface area contributed by atoms with Crippen molar-refractivity contribution in [2.45, 2.75) is 17.2 Å². The van der Waals surface area contributed by atoms with Crippen LogP contribution in [-0.2, 0) is 16.4 Å². The van der Waals surface area contributed by atoms with E-state index in [4.69, 9.17) is 28.9 Å². The second kappa shape index (κ2) is 6.94. The van der Waals surface area contributed by atoms with Gasteiger partial charge in [0, 0.05) is 29.1 Å². The van der Waals surface area contributed by atoms with Crippen LogP contribution in [0.4, 0.5) is 10.9 Å². The standard InChI is InChI=1S/C17H14Cl2N4O2S2/c18-11-7-13-10(6-14-15(19)22-17(20)26-14)9-23(16(13)21-8-11)27(24,25)12-4-2-1-3-5-12/h1-5,7-8,10H,6,9H2,(H2,20,22). The van der Waals surface area contributed by atoms with Crippen LogP contribution in [0.1, 0.15) is 16.4 Å². The molecule has 0 aliphatic carbocycles. The number of nitrogen functional groups attached to an aromatic ring is 1. The molecule has 0 fully saturated rings. The minimum atomic E-state index is -3.74.